The molecule has 3 aliphatic rings. The summed E-state index contributed by atoms with van der Waals surface area (Å²) in [6.07, 6.45) is 8.92. The summed E-state index contributed by atoms with van der Waals surface area (Å²) < 4.78 is 0. The van der Waals surface area contributed by atoms with Crippen molar-refractivity contribution >= 4 is 5.91 Å². The Kier molecular flexibility index (Phi) is 3.37. The van der Waals surface area contributed by atoms with E-state index in [4.69, 9.17) is 0 Å². The molecule has 3 heteroatoms. The van der Waals surface area contributed by atoms with E-state index in [2.05, 4.69) is 10.6 Å². The fraction of sp³-hybridized carbons (Fsp3) is 0.929. The van der Waals surface area contributed by atoms with Gasteiger partial charge in [-0.25, -0.2) is 0 Å². The Morgan fingerprint density at radius 1 is 1.06 bits per heavy atom. The van der Waals surface area contributed by atoms with Crippen molar-refractivity contribution in [3.05, 3.63) is 0 Å². The highest BCUT2D eigenvalue weighted by Gasteiger charge is 2.42. The normalized spacial score (nSPS) is 35.2. The van der Waals surface area contributed by atoms with Gasteiger partial charge >= 0.3 is 0 Å². The third-order valence-corrected chi connectivity index (χ3v) is 4.74. The van der Waals surface area contributed by atoms with E-state index in [1.165, 1.54) is 32.1 Å². The smallest absolute Gasteiger partial charge is 0.223 e. The zero-order chi connectivity index (χ0) is 11.7. The van der Waals surface area contributed by atoms with Gasteiger partial charge in [0.15, 0.2) is 0 Å². The van der Waals surface area contributed by atoms with Crippen molar-refractivity contribution in [2.75, 3.05) is 13.1 Å². The molecule has 2 N–H and O–H groups in total. The molecule has 1 amide bonds. The number of amides is 1. The van der Waals surface area contributed by atoms with E-state index in [0.29, 0.717) is 17.7 Å². The van der Waals surface area contributed by atoms with Crippen LogP contribution in [0.25, 0.3) is 0 Å². The largest absolute Gasteiger partial charge is 0.356 e. The monoisotopic (exact) mass is 236 g/mol. The first-order valence-electron chi connectivity index (χ1n) is 7.34. The van der Waals surface area contributed by atoms with Crippen molar-refractivity contribution in [3.63, 3.8) is 0 Å². The van der Waals surface area contributed by atoms with Crippen LogP contribution in [0.2, 0.25) is 0 Å². The molecular weight excluding hydrogens is 212 g/mol. The summed E-state index contributed by atoms with van der Waals surface area (Å²) in [5.74, 6) is 2.27. The Morgan fingerprint density at radius 2 is 1.94 bits per heavy atom. The van der Waals surface area contributed by atoms with Crippen LogP contribution in [0.15, 0.2) is 0 Å². The summed E-state index contributed by atoms with van der Waals surface area (Å²) in [6.45, 7) is 1.91. The third kappa shape index (κ3) is 2.82. The van der Waals surface area contributed by atoms with Gasteiger partial charge in [-0.05, 0) is 56.9 Å². The van der Waals surface area contributed by atoms with Crippen LogP contribution in [0, 0.1) is 17.8 Å². The van der Waals surface area contributed by atoms with Crippen LogP contribution < -0.4 is 10.6 Å². The first-order chi connectivity index (χ1) is 8.33. The second-order valence-corrected chi connectivity index (χ2v) is 6.15. The topological polar surface area (TPSA) is 41.1 Å². The summed E-state index contributed by atoms with van der Waals surface area (Å²) in [5, 5.41) is 6.60. The third-order valence-electron chi connectivity index (χ3n) is 4.74. The van der Waals surface area contributed by atoms with Gasteiger partial charge in [0, 0.05) is 18.5 Å². The van der Waals surface area contributed by atoms with E-state index in [0.717, 1.165) is 37.9 Å². The summed E-state index contributed by atoms with van der Waals surface area (Å²) >= 11 is 0. The SMILES string of the molecule is O=C(NCCCNC1CC1)C1CC2CCC1C2. The van der Waals surface area contributed by atoms with E-state index in [1.807, 2.05) is 0 Å². The molecule has 3 unspecified atom stereocenters. The Balaban J connectivity index is 1.30. The van der Waals surface area contributed by atoms with Crippen molar-refractivity contribution < 1.29 is 4.79 Å². The zero-order valence-electron chi connectivity index (χ0n) is 10.6. The van der Waals surface area contributed by atoms with E-state index < -0.39 is 0 Å². The molecule has 17 heavy (non-hydrogen) atoms. The van der Waals surface area contributed by atoms with Crippen LogP contribution in [0.4, 0.5) is 0 Å². The molecular formula is C14H24N2O. The van der Waals surface area contributed by atoms with Crippen LogP contribution >= 0.6 is 0 Å². The highest BCUT2D eigenvalue weighted by molar-refractivity contribution is 5.79. The van der Waals surface area contributed by atoms with Gasteiger partial charge in [-0.15, -0.1) is 0 Å². The van der Waals surface area contributed by atoms with Crippen LogP contribution in [-0.2, 0) is 4.79 Å². The lowest BCUT2D eigenvalue weighted by Crippen LogP contribution is -2.35. The summed E-state index contributed by atoms with van der Waals surface area (Å²) in [5.41, 5.74) is 0. The Bertz CT molecular complexity index is 288. The van der Waals surface area contributed by atoms with Crippen molar-refractivity contribution in [3.8, 4) is 0 Å². The lowest BCUT2D eigenvalue weighted by molar-refractivity contribution is -0.126. The highest BCUT2D eigenvalue weighted by atomic mass is 16.1. The lowest BCUT2D eigenvalue weighted by Gasteiger charge is -2.20. The molecule has 0 aromatic rings. The van der Waals surface area contributed by atoms with Crippen LogP contribution in [0.1, 0.15) is 44.9 Å². The molecule has 3 aliphatic carbocycles. The minimum absolute atomic E-state index is 0.337. The van der Waals surface area contributed by atoms with Crippen LogP contribution in [-0.4, -0.2) is 25.0 Å². The molecule has 2 bridgehead atoms. The second-order valence-electron chi connectivity index (χ2n) is 6.15. The molecule has 0 radical (unpaired) electrons. The van der Waals surface area contributed by atoms with Gasteiger partial charge in [-0.1, -0.05) is 6.42 Å². The fourth-order valence-corrected chi connectivity index (χ4v) is 3.59. The molecule has 3 fully saturated rings. The summed E-state index contributed by atoms with van der Waals surface area (Å²) in [7, 11) is 0. The van der Waals surface area contributed by atoms with E-state index in [-0.39, 0.29) is 0 Å². The van der Waals surface area contributed by atoms with Crippen molar-refractivity contribution in [2.24, 2.45) is 17.8 Å². The average Bonchev–Trinajstić information content (AvgIpc) is 2.91. The van der Waals surface area contributed by atoms with Crippen molar-refractivity contribution in [1.82, 2.24) is 10.6 Å². The number of carbonyl (C=O) groups excluding carboxylic acids is 1. The van der Waals surface area contributed by atoms with Gasteiger partial charge in [0.05, 0.1) is 0 Å². The molecule has 3 rings (SSSR count). The minimum Gasteiger partial charge on any atom is -0.356 e. The molecule has 96 valence electrons. The quantitative estimate of drug-likeness (QED) is 0.689. The van der Waals surface area contributed by atoms with Gasteiger partial charge in [-0.3, -0.25) is 4.79 Å². The Labute approximate surface area is 104 Å². The lowest BCUT2D eigenvalue weighted by atomic mass is 9.88. The number of hydrogen-bond acceptors (Lipinski definition) is 2. The molecule has 0 aromatic heterocycles. The number of hydrogen-bond donors (Lipinski definition) is 2. The second kappa shape index (κ2) is 4.97. The highest BCUT2D eigenvalue weighted by Crippen LogP contribution is 2.48. The first-order valence-corrected chi connectivity index (χ1v) is 7.34. The molecule has 3 nitrogen and oxygen atoms in total. The van der Waals surface area contributed by atoms with E-state index in [1.54, 1.807) is 0 Å². The molecule has 0 spiro atoms. The molecule has 0 aliphatic heterocycles. The van der Waals surface area contributed by atoms with Crippen LogP contribution in [0.3, 0.4) is 0 Å². The zero-order valence-corrected chi connectivity index (χ0v) is 10.6. The number of nitrogens with one attached hydrogen (secondary N) is 2. The maximum absolute atomic E-state index is 12.0. The molecule has 0 heterocycles. The fourth-order valence-electron chi connectivity index (χ4n) is 3.59. The summed E-state index contributed by atoms with van der Waals surface area (Å²) in [6, 6.07) is 0.788. The minimum atomic E-state index is 0.337. The molecule has 0 saturated heterocycles. The maximum Gasteiger partial charge on any atom is 0.223 e. The van der Waals surface area contributed by atoms with Gasteiger partial charge in [-0.2, -0.15) is 0 Å². The summed E-state index contributed by atoms with van der Waals surface area (Å²) in [4.78, 5) is 12.0. The van der Waals surface area contributed by atoms with Gasteiger partial charge < -0.3 is 10.6 Å². The number of fused-ring (bicyclic) bond motifs is 2. The van der Waals surface area contributed by atoms with Crippen LogP contribution in [0.5, 0.6) is 0 Å². The molecule has 3 atom stereocenters. The number of rotatable bonds is 6. The van der Waals surface area contributed by atoms with Crippen molar-refractivity contribution in [1.29, 1.82) is 0 Å². The Morgan fingerprint density at radius 3 is 2.59 bits per heavy atom. The van der Waals surface area contributed by atoms with Gasteiger partial charge in [0.25, 0.3) is 0 Å². The van der Waals surface area contributed by atoms with E-state index in [9.17, 15) is 4.79 Å². The average molecular weight is 236 g/mol. The molecule has 0 aromatic carbocycles. The number of carbonyl (C=O) groups is 1. The Hall–Kier alpha value is -0.570. The standard InChI is InChI=1S/C14H24N2O/c17-14(13-9-10-2-3-11(13)8-10)16-7-1-6-15-12-4-5-12/h10-13,15H,1-9H2,(H,16,17). The van der Waals surface area contributed by atoms with E-state index >= 15 is 0 Å². The predicted octanol–water partition coefficient (Wildman–Crippen LogP) is 1.68. The maximum atomic E-state index is 12.0. The first kappa shape index (κ1) is 11.5. The van der Waals surface area contributed by atoms with Gasteiger partial charge in [0.2, 0.25) is 5.91 Å². The van der Waals surface area contributed by atoms with Crippen molar-refractivity contribution in [2.45, 2.75) is 51.0 Å². The van der Waals surface area contributed by atoms with Gasteiger partial charge in [0.1, 0.15) is 0 Å². The predicted molar refractivity (Wildman–Crippen MR) is 67.6 cm³/mol. The molecule has 3 saturated carbocycles.